The quantitative estimate of drug-likeness (QED) is 0.830. The number of halogens is 1. The Morgan fingerprint density at radius 1 is 1.04 bits per heavy atom. The maximum absolute atomic E-state index is 13.2. The van der Waals surface area contributed by atoms with Crippen LogP contribution in [0.25, 0.3) is 0 Å². The van der Waals surface area contributed by atoms with Gasteiger partial charge in [-0.1, -0.05) is 56.3 Å². The molecule has 1 heterocycles. The molecular weight excluding hydrogens is 360 g/mol. The summed E-state index contributed by atoms with van der Waals surface area (Å²) in [6, 6.07) is 17.9. The van der Waals surface area contributed by atoms with Crippen LogP contribution in [0.4, 0.5) is 0 Å². The van der Waals surface area contributed by atoms with Gasteiger partial charge >= 0.3 is 0 Å². The van der Waals surface area contributed by atoms with Crippen LogP contribution in [0.3, 0.4) is 0 Å². The van der Waals surface area contributed by atoms with Gasteiger partial charge in [0.15, 0.2) is 0 Å². The average Bonchev–Trinajstić information content (AvgIpc) is 2.67. The zero-order valence-electron chi connectivity index (χ0n) is 16.0. The summed E-state index contributed by atoms with van der Waals surface area (Å²) in [6.45, 7) is 5.68. The number of carbonyl (C=O) groups excluding carboxylic acids is 1. The molecule has 0 aliphatic carbocycles. The number of rotatable bonds is 5. The van der Waals surface area contributed by atoms with Gasteiger partial charge in [-0.25, -0.2) is 0 Å². The lowest BCUT2D eigenvalue weighted by atomic mass is 10.0. The minimum atomic E-state index is -0.632. The van der Waals surface area contributed by atoms with E-state index < -0.39 is 6.10 Å². The number of carbonyl (C=O) groups is 1. The lowest BCUT2D eigenvalue weighted by Gasteiger charge is -2.33. The number of benzene rings is 2. The predicted molar refractivity (Wildman–Crippen MR) is 111 cm³/mol. The molecule has 1 aliphatic heterocycles. The fourth-order valence-electron chi connectivity index (χ4n) is 3.26. The number of nitrogens with two attached hydrogens (primary N) is 1. The van der Waals surface area contributed by atoms with Crippen LogP contribution < -0.4 is 10.5 Å². The molecule has 0 radical (unpaired) electrons. The maximum atomic E-state index is 13.2. The zero-order chi connectivity index (χ0) is 18.5. The van der Waals surface area contributed by atoms with Crippen molar-refractivity contribution in [3.63, 3.8) is 0 Å². The highest BCUT2D eigenvalue weighted by Crippen LogP contribution is 2.27. The van der Waals surface area contributed by atoms with Gasteiger partial charge in [0.2, 0.25) is 6.10 Å². The Labute approximate surface area is 168 Å². The zero-order valence-corrected chi connectivity index (χ0v) is 16.8. The van der Waals surface area contributed by atoms with E-state index in [4.69, 9.17) is 10.5 Å². The summed E-state index contributed by atoms with van der Waals surface area (Å²) >= 11 is 0. The van der Waals surface area contributed by atoms with Gasteiger partial charge in [-0.05, 0) is 36.5 Å². The first-order chi connectivity index (χ1) is 12.5. The molecule has 1 atom stereocenters. The number of nitrogens with zero attached hydrogens (tertiary/aromatic N) is 1. The minimum Gasteiger partial charge on any atom is -0.476 e. The van der Waals surface area contributed by atoms with E-state index in [0.717, 1.165) is 24.2 Å². The number of likely N-dealkylation sites (tertiary alicyclic amines) is 1. The van der Waals surface area contributed by atoms with Crippen molar-refractivity contribution in [3.8, 4) is 5.75 Å². The van der Waals surface area contributed by atoms with Gasteiger partial charge in [0, 0.05) is 24.7 Å². The van der Waals surface area contributed by atoms with E-state index in [1.807, 2.05) is 53.4 Å². The molecule has 2 aromatic carbocycles. The summed E-state index contributed by atoms with van der Waals surface area (Å²) in [5.74, 6) is 1.15. The maximum Gasteiger partial charge on any atom is 0.268 e. The van der Waals surface area contributed by atoms with Crippen molar-refractivity contribution in [2.75, 3.05) is 13.1 Å². The Hall–Kier alpha value is -2.04. The van der Waals surface area contributed by atoms with Crippen LogP contribution in [0.1, 0.15) is 49.8 Å². The standard InChI is InChI=1S/C22H28N2O2.ClH/c1-16(2)18-9-6-10-20(15-18)26-21(17-7-4-3-5-8-17)22(25)24-13-11-19(23)12-14-24;/h3-10,15-16,19,21H,11-14,23H2,1-2H3;1H. The SMILES string of the molecule is CC(C)c1cccc(OC(C(=O)N2CCC(N)CC2)c2ccccc2)c1.Cl. The Morgan fingerprint density at radius 2 is 1.67 bits per heavy atom. The first-order valence-corrected chi connectivity index (χ1v) is 9.40. The summed E-state index contributed by atoms with van der Waals surface area (Å²) < 4.78 is 6.21. The molecule has 1 unspecified atom stereocenters. The first kappa shape index (κ1) is 21.3. The van der Waals surface area contributed by atoms with Gasteiger partial charge in [-0.3, -0.25) is 4.79 Å². The number of hydrogen-bond donors (Lipinski definition) is 1. The van der Waals surface area contributed by atoms with Crippen LogP contribution in [0.15, 0.2) is 54.6 Å². The molecule has 1 amide bonds. The molecule has 0 saturated carbocycles. The van der Waals surface area contributed by atoms with E-state index in [1.165, 1.54) is 5.56 Å². The van der Waals surface area contributed by atoms with E-state index in [9.17, 15) is 4.79 Å². The molecule has 3 rings (SSSR count). The molecule has 2 aromatic rings. The molecular formula is C22H29ClN2O2. The second-order valence-electron chi connectivity index (χ2n) is 7.30. The third kappa shape index (κ3) is 5.47. The molecule has 27 heavy (non-hydrogen) atoms. The van der Waals surface area contributed by atoms with Crippen molar-refractivity contribution in [2.45, 2.75) is 44.8 Å². The second kappa shape index (κ2) is 9.77. The lowest BCUT2D eigenvalue weighted by Crippen LogP contribution is -2.45. The van der Waals surface area contributed by atoms with Crippen LogP contribution in [0.5, 0.6) is 5.75 Å². The van der Waals surface area contributed by atoms with Crippen molar-refractivity contribution in [3.05, 3.63) is 65.7 Å². The topological polar surface area (TPSA) is 55.6 Å². The number of amides is 1. The fourth-order valence-corrected chi connectivity index (χ4v) is 3.26. The third-order valence-electron chi connectivity index (χ3n) is 4.96. The van der Waals surface area contributed by atoms with Crippen molar-refractivity contribution >= 4 is 18.3 Å². The van der Waals surface area contributed by atoms with Crippen molar-refractivity contribution in [1.29, 1.82) is 0 Å². The summed E-state index contributed by atoms with van der Waals surface area (Å²) in [4.78, 5) is 15.1. The lowest BCUT2D eigenvalue weighted by molar-refractivity contribution is -0.140. The normalized spacial score (nSPS) is 15.9. The van der Waals surface area contributed by atoms with Crippen LogP contribution in [0, 0.1) is 0 Å². The Morgan fingerprint density at radius 3 is 2.30 bits per heavy atom. The van der Waals surface area contributed by atoms with Gasteiger partial charge < -0.3 is 15.4 Å². The predicted octanol–water partition coefficient (Wildman–Crippen LogP) is 4.30. The average molecular weight is 389 g/mol. The van der Waals surface area contributed by atoms with Crippen molar-refractivity contribution in [2.24, 2.45) is 5.73 Å². The van der Waals surface area contributed by atoms with Gasteiger partial charge in [-0.2, -0.15) is 0 Å². The summed E-state index contributed by atoms with van der Waals surface area (Å²) in [5.41, 5.74) is 8.06. The van der Waals surface area contributed by atoms with Crippen LogP contribution in [-0.4, -0.2) is 29.9 Å². The molecule has 146 valence electrons. The molecule has 1 saturated heterocycles. The number of hydrogen-bond acceptors (Lipinski definition) is 3. The van der Waals surface area contributed by atoms with E-state index in [1.54, 1.807) is 0 Å². The monoisotopic (exact) mass is 388 g/mol. The smallest absolute Gasteiger partial charge is 0.268 e. The third-order valence-corrected chi connectivity index (χ3v) is 4.96. The molecule has 0 bridgehead atoms. The van der Waals surface area contributed by atoms with E-state index in [0.29, 0.717) is 19.0 Å². The molecule has 4 nitrogen and oxygen atoms in total. The van der Waals surface area contributed by atoms with Crippen LogP contribution in [0.2, 0.25) is 0 Å². The number of ether oxygens (including phenoxy) is 1. The highest BCUT2D eigenvalue weighted by atomic mass is 35.5. The largest absolute Gasteiger partial charge is 0.476 e. The van der Waals surface area contributed by atoms with Gasteiger partial charge in [-0.15, -0.1) is 12.4 Å². The molecule has 2 N–H and O–H groups in total. The van der Waals surface area contributed by atoms with E-state index in [2.05, 4.69) is 19.9 Å². The van der Waals surface area contributed by atoms with Crippen LogP contribution >= 0.6 is 12.4 Å². The summed E-state index contributed by atoms with van der Waals surface area (Å²) in [5, 5.41) is 0. The second-order valence-corrected chi connectivity index (χ2v) is 7.30. The van der Waals surface area contributed by atoms with Gasteiger partial charge in [0.25, 0.3) is 5.91 Å². The van der Waals surface area contributed by atoms with E-state index in [-0.39, 0.29) is 24.4 Å². The Kier molecular flexibility index (Phi) is 7.69. The summed E-state index contributed by atoms with van der Waals surface area (Å²) in [6.07, 6.45) is 1.06. The molecule has 0 spiro atoms. The van der Waals surface area contributed by atoms with Gasteiger partial charge in [0.1, 0.15) is 5.75 Å². The Balaban J connectivity index is 0.00000261. The Bertz CT molecular complexity index is 728. The van der Waals surface area contributed by atoms with E-state index >= 15 is 0 Å². The number of piperidine rings is 1. The molecule has 5 heteroatoms. The van der Waals surface area contributed by atoms with Crippen molar-refractivity contribution < 1.29 is 9.53 Å². The summed E-state index contributed by atoms with van der Waals surface area (Å²) in [7, 11) is 0. The minimum absolute atomic E-state index is 0. The first-order valence-electron chi connectivity index (χ1n) is 9.40. The fraction of sp³-hybridized carbons (Fsp3) is 0.409. The highest BCUT2D eigenvalue weighted by molar-refractivity contribution is 5.85. The highest BCUT2D eigenvalue weighted by Gasteiger charge is 2.30. The van der Waals surface area contributed by atoms with Gasteiger partial charge in [0.05, 0.1) is 0 Å². The van der Waals surface area contributed by atoms with Crippen molar-refractivity contribution in [1.82, 2.24) is 4.90 Å². The molecule has 1 fully saturated rings. The molecule has 1 aliphatic rings. The molecule has 0 aromatic heterocycles. The van der Waals surface area contributed by atoms with Crippen LogP contribution in [-0.2, 0) is 4.79 Å².